The summed E-state index contributed by atoms with van der Waals surface area (Å²) in [6, 6.07) is 10.5. The van der Waals surface area contributed by atoms with E-state index in [-0.39, 0.29) is 0 Å². The average Bonchev–Trinajstić information content (AvgIpc) is 2.77. The number of fused-ring (bicyclic) bond motifs is 1. The fourth-order valence-electron chi connectivity index (χ4n) is 2.89. The van der Waals surface area contributed by atoms with Crippen LogP contribution in [0.15, 0.2) is 30.3 Å². The van der Waals surface area contributed by atoms with Gasteiger partial charge in [0, 0.05) is 30.7 Å². The molecular formula is C16H21N3. The number of aromatic nitrogens is 1. The van der Waals surface area contributed by atoms with Gasteiger partial charge in [-0.1, -0.05) is 32.0 Å². The Morgan fingerprint density at radius 2 is 2.11 bits per heavy atom. The largest absolute Gasteiger partial charge is 0.370 e. The summed E-state index contributed by atoms with van der Waals surface area (Å²) >= 11 is 0. The number of anilines is 1. The van der Waals surface area contributed by atoms with Crippen molar-refractivity contribution in [2.24, 2.45) is 11.1 Å². The standard InChI is InChI=1S/C16H21N3/c1-16(2)7-8-19(11-16)15-9-12(10-17)18-14-6-4-3-5-13(14)15/h3-6,9H,7-8,10-11,17H2,1-2H3. The van der Waals surface area contributed by atoms with Crippen LogP contribution in [0.25, 0.3) is 10.9 Å². The molecule has 1 aliphatic rings. The molecule has 2 aromatic rings. The third-order valence-corrected chi connectivity index (χ3v) is 3.97. The Balaban J connectivity index is 2.11. The van der Waals surface area contributed by atoms with E-state index in [0.29, 0.717) is 12.0 Å². The molecule has 0 radical (unpaired) electrons. The van der Waals surface area contributed by atoms with E-state index < -0.39 is 0 Å². The molecule has 1 saturated heterocycles. The lowest BCUT2D eigenvalue weighted by molar-refractivity contribution is 0.418. The molecule has 2 heterocycles. The first-order valence-corrected chi connectivity index (χ1v) is 6.93. The molecule has 0 spiro atoms. The van der Waals surface area contributed by atoms with Gasteiger partial charge < -0.3 is 10.6 Å². The van der Waals surface area contributed by atoms with Crippen LogP contribution < -0.4 is 10.6 Å². The number of pyridine rings is 1. The summed E-state index contributed by atoms with van der Waals surface area (Å²) in [5, 5.41) is 1.23. The van der Waals surface area contributed by atoms with Crippen molar-refractivity contribution in [2.45, 2.75) is 26.8 Å². The Labute approximate surface area is 114 Å². The van der Waals surface area contributed by atoms with Crippen LogP contribution in [-0.2, 0) is 6.54 Å². The average molecular weight is 255 g/mol. The van der Waals surface area contributed by atoms with E-state index in [0.717, 1.165) is 24.3 Å². The number of hydrogen-bond acceptors (Lipinski definition) is 3. The Morgan fingerprint density at radius 1 is 1.32 bits per heavy atom. The molecule has 1 aromatic carbocycles. The monoisotopic (exact) mass is 255 g/mol. The van der Waals surface area contributed by atoms with E-state index in [2.05, 4.69) is 48.0 Å². The lowest BCUT2D eigenvalue weighted by Crippen LogP contribution is -2.23. The van der Waals surface area contributed by atoms with Crippen molar-refractivity contribution in [1.29, 1.82) is 0 Å². The van der Waals surface area contributed by atoms with E-state index >= 15 is 0 Å². The van der Waals surface area contributed by atoms with Crippen LogP contribution in [0.4, 0.5) is 5.69 Å². The maximum Gasteiger partial charge on any atom is 0.0726 e. The highest BCUT2D eigenvalue weighted by molar-refractivity contribution is 5.92. The maximum atomic E-state index is 5.78. The van der Waals surface area contributed by atoms with Gasteiger partial charge in [0.05, 0.1) is 11.2 Å². The summed E-state index contributed by atoms with van der Waals surface area (Å²) < 4.78 is 0. The first-order chi connectivity index (χ1) is 9.09. The highest BCUT2D eigenvalue weighted by atomic mass is 15.2. The predicted molar refractivity (Wildman–Crippen MR) is 80.2 cm³/mol. The molecule has 0 amide bonds. The van der Waals surface area contributed by atoms with Crippen LogP contribution in [0.3, 0.4) is 0 Å². The molecule has 2 N–H and O–H groups in total. The molecule has 0 unspecified atom stereocenters. The molecule has 0 atom stereocenters. The van der Waals surface area contributed by atoms with E-state index in [1.165, 1.54) is 17.5 Å². The van der Waals surface area contributed by atoms with Gasteiger partial charge in [0.25, 0.3) is 0 Å². The molecular weight excluding hydrogens is 234 g/mol. The number of nitrogens with zero attached hydrogens (tertiary/aromatic N) is 2. The first kappa shape index (κ1) is 12.4. The fraction of sp³-hybridized carbons (Fsp3) is 0.438. The van der Waals surface area contributed by atoms with Gasteiger partial charge in [-0.3, -0.25) is 4.98 Å². The molecule has 0 saturated carbocycles. The number of benzene rings is 1. The number of para-hydroxylation sites is 1. The van der Waals surface area contributed by atoms with Gasteiger partial charge in [-0.2, -0.15) is 0 Å². The minimum absolute atomic E-state index is 0.396. The van der Waals surface area contributed by atoms with Gasteiger partial charge in [-0.05, 0) is 24.0 Å². The van der Waals surface area contributed by atoms with Gasteiger partial charge in [-0.25, -0.2) is 0 Å². The van der Waals surface area contributed by atoms with E-state index in [1.807, 2.05) is 6.07 Å². The minimum atomic E-state index is 0.396. The normalized spacial score (nSPS) is 18.2. The Hall–Kier alpha value is -1.61. The van der Waals surface area contributed by atoms with Gasteiger partial charge in [0.1, 0.15) is 0 Å². The van der Waals surface area contributed by atoms with Gasteiger partial charge >= 0.3 is 0 Å². The van der Waals surface area contributed by atoms with E-state index in [9.17, 15) is 0 Å². The summed E-state index contributed by atoms with van der Waals surface area (Å²) in [5.74, 6) is 0. The SMILES string of the molecule is CC1(C)CCN(c2cc(CN)nc3ccccc23)C1. The van der Waals surface area contributed by atoms with Gasteiger partial charge in [0.15, 0.2) is 0 Å². The highest BCUT2D eigenvalue weighted by Crippen LogP contribution is 2.35. The first-order valence-electron chi connectivity index (χ1n) is 6.93. The summed E-state index contributed by atoms with van der Waals surface area (Å²) in [5.41, 5.74) is 9.48. The molecule has 1 fully saturated rings. The smallest absolute Gasteiger partial charge is 0.0726 e. The summed E-state index contributed by atoms with van der Waals surface area (Å²) in [6.07, 6.45) is 1.24. The molecule has 1 aliphatic heterocycles. The van der Waals surface area contributed by atoms with Crippen LogP contribution in [0.1, 0.15) is 26.0 Å². The highest BCUT2D eigenvalue weighted by Gasteiger charge is 2.30. The second-order valence-corrected chi connectivity index (χ2v) is 6.19. The number of rotatable bonds is 2. The van der Waals surface area contributed by atoms with Crippen LogP contribution >= 0.6 is 0 Å². The third-order valence-electron chi connectivity index (χ3n) is 3.97. The maximum absolute atomic E-state index is 5.78. The van der Waals surface area contributed by atoms with Crippen molar-refractivity contribution in [3.63, 3.8) is 0 Å². The quantitative estimate of drug-likeness (QED) is 0.897. The van der Waals surface area contributed by atoms with E-state index in [1.54, 1.807) is 0 Å². The van der Waals surface area contributed by atoms with Crippen molar-refractivity contribution in [3.8, 4) is 0 Å². The molecule has 3 nitrogen and oxygen atoms in total. The summed E-state index contributed by atoms with van der Waals surface area (Å²) in [4.78, 5) is 7.09. The fourth-order valence-corrected chi connectivity index (χ4v) is 2.89. The van der Waals surface area contributed by atoms with Crippen molar-refractivity contribution >= 4 is 16.6 Å². The molecule has 100 valence electrons. The molecule has 3 heteroatoms. The van der Waals surface area contributed by atoms with Crippen LogP contribution in [-0.4, -0.2) is 18.1 Å². The zero-order chi connectivity index (χ0) is 13.5. The molecule has 1 aromatic heterocycles. The topological polar surface area (TPSA) is 42.1 Å². The minimum Gasteiger partial charge on any atom is -0.370 e. The Bertz CT molecular complexity index is 604. The molecule has 0 bridgehead atoms. The van der Waals surface area contributed by atoms with Crippen LogP contribution in [0.2, 0.25) is 0 Å². The lowest BCUT2D eigenvalue weighted by Gasteiger charge is -2.23. The van der Waals surface area contributed by atoms with Gasteiger partial charge in [-0.15, -0.1) is 0 Å². The van der Waals surface area contributed by atoms with Crippen molar-refractivity contribution in [1.82, 2.24) is 4.98 Å². The Kier molecular flexibility index (Phi) is 2.94. The van der Waals surface area contributed by atoms with Crippen molar-refractivity contribution < 1.29 is 0 Å². The number of nitrogens with two attached hydrogens (primary N) is 1. The van der Waals surface area contributed by atoms with Crippen LogP contribution in [0, 0.1) is 5.41 Å². The third kappa shape index (κ3) is 2.30. The van der Waals surface area contributed by atoms with Crippen molar-refractivity contribution in [2.75, 3.05) is 18.0 Å². The molecule has 19 heavy (non-hydrogen) atoms. The zero-order valence-corrected chi connectivity index (χ0v) is 11.7. The molecule has 3 rings (SSSR count). The second-order valence-electron chi connectivity index (χ2n) is 6.19. The van der Waals surface area contributed by atoms with Crippen LogP contribution in [0.5, 0.6) is 0 Å². The van der Waals surface area contributed by atoms with E-state index in [4.69, 9.17) is 5.73 Å². The lowest BCUT2D eigenvalue weighted by atomic mass is 9.93. The summed E-state index contributed by atoms with van der Waals surface area (Å²) in [7, 11) is 0. The second kappa shape index (κ2) is 4.49. The Morgan fingerprint density at radius 3 is 2.79 bits per heavy atom. The zero-order valence-electron chi connectivity index (χ0n) is 11.7. The van der Waals surface area contributed by atoms with Gasteiger partial charge in [0.2, 0.25) is 0 Å². The van der Waals surface area contributed by atoms with Crippen molar-refractivity contribution in [3.05, 3.63) is 36.0 Å². The number of hydrogen-bond donors (Lipinski definition) is 1. The predicted octanol–water partition coefficient (Wildman–Crippen LogP) is 2.93. The molecule has 0 aliphatic carbocycles. The summed E-state index contributed by atoms with van der Waals surface area (Å²) in [6.45, 7) is 7.38.